The van der Waals surface area contributed by atoms with Crippen LogP contribution in [0, 0.1) is 45.3 Å². The molecule has 0 bridgehead atoms. The van der Waals surface area contributed by atoms with Crippen LogP contribution in [0.25, 0.3) is 0 Å². The zero-order valence-electron chi connectivity index (χ0n) is 11.9. The van der Waals surface area contributed by atoms with Crippen LogP contribution in [-0.4, -0.2) is 0 Å². The Hall–Kier alpha value is -2.55. The third kappa shape index (κ3) is 1.78. The molecule has 1 unspecified atom stereocenters. The SMILES string of the molecule is N#CC1=C(N)C(C#N)(C#N)C(c2cccs2)[C@H]2CCCC=C12. The van der Waals surface area contributed by atoms with Crippen molar-refractivity contribution in [3.8, 4) is 18.2 Å². The van der Waals surface area contributed by atoms with E-state index in [-0.39, 0.29) is 17.5 Å². The molecule has 1 aromatic heterocycles. The molecule has 0 saturated heterocycles. The molecule has 3 rings (SSSR count). The summed E-state index contributed by atoms with van der Waals surface area (Å²) in [7, 11) is 0. The molecule has 22 heavy (non-hydrogen) atoms. The largest absolute Gasteiger partial charge is 0.399 e. The van der Waals surface area contributed by atoms with Gasteiger partial charge in [-0.3, -0.25) is 0 Å². The van der Waals surface area contributed by atoms with Crippen LogP contribution in [0.2, 0.25) is 0 Å². The van der Waals surface area contributed by atoms with E-state index in [1.807, 2.05) is 17.5 Å². The second-order valence-electron chi connectivity index (χ2n) is 5.62. The third-order valence-electron chi connectivity index (χ3n) is 4.65. The smallest absolute Gasteiger partial charge is 0.192 e. The highest BCUT2D eigenvalue weighted by Gasteiger charge is 2.54. The normalized spacial score (nSPS) is 26.1. The molecule has 2 aliphatic rings. The Morgan fingerprint density at radius 1 is 1.27 bits per heavy atom. The summed E-state index contributed by atoms with van der Waals surface area (Å²) >= 11 is 1.54. The Balaban J connectivity index is 2.33. The summed E-state index contributed by atoms with van der Waals surface area (Å²) in [5.74, 6) is -0.292. The number of nitriles is 3. The third-order valence-corrected chi connectivity index (χ3v) is 5.60. The van der Waals surface area contributed by atoms with Crippen LogP contribution in [0.15, 0.2) is 40.4 Å². The first-order valence-corrected chi connectivity index (χ1v) is 8.04. The minimum atomic E-state index is -1.46. The predicted molar refractivity (Wildman–Crippen MR) is 83.0 cm³/mol. The lowest BCUT2D eigenvalue weighted by molar-refractivity contribution is 0.321. The van der Waals surface area contributed by atoms with Gasteiger partial charge in [0.1, 0.15) is 6.07 Å². The van der Waals surface area contributed by atoms with Gasteiger partial charge in [0.2, 0.25) is 0 Å². The van der Waals surface area contributed by atoms with Gasteiger partial charge < -0.3 is 5.73 Å². The Bertz CT molecular complexity index is 766. The van der Waals surface area contributed by atoms with Crippen molar-refractivity contribution in [2.45, 2.75) is 25.2 Å². The van der Waals surface area contributed by atoms with Gasteiger partial charge >= 0.3 is 0 Å². The molecule has 0 aromatic carbocycles. The maximum Gasteiger partial charge on any atom is 0.192 e. The molecule has 1 heterocycles. The van der Waals surface area contributed by atoms with Crippen molar-refractivity contribution in [1.29, 1.82) is 15.8 Å². The lowest BCUT2D eigenvalue weighted by Crippen LogP contribution is -2.42. The second kappa shape index (κ2) is 5.34. The number of thiophene rings is 1. The van der Waals surface area contributed by atoms with Crippen LogP contribution in [0.3, 0.4) is 0 Å². The van der Waals surface area contributed by atoms with Crippen LogP contribution in [-0.2, 0) is 0 Å². The molecule has 2 N–H and O–H groups in total. The zero-order chi connectivity index (χ0) is 15.7. The number of nitrogens with zero attached hydrogens (tertiary/aromatic N) is 3. The van der Waals surface area contributed by atoms with E-state index >= 15 is 0 Å². The minimum Gasteiger partial charge on any atom is -0.399 e. The van der Waals surface area contributed by atoms with Gasteiger partial charge in [-0.1, -0.05) is 12.1 Å². The lowest BCUT2D eigenvalue weighted by Gasteiger charge is -2.42. The molecule has 0 amide bonds. The average Bonchev–Trinajstić information content (AvgIpc) is 3.08. The number of fused-ring (bicyclic) bond motifs is 1. The molecule has 2 atom stereocenters. The van der Waals surface area contributed by atoms with Crippen LogP contribution < -0.4 is 5.73 Å². The molecule has 1 aromatic rings. The quantitative estimate of drug-likeness (QED) is 0.860. The van der Waals surface area contributed by atoms with Gasteiger partial charge in [0, 0.05) is 10.8 Å². The van der Waals surface area contributed by atoms with Gasteiger partial charge in [0.25, 0.3) is 0 Å². The summed E-state index contributed by atoms with van der Waals surface area (Å²) in [5.41, 5.74) is 6.08. The van der Waals surface area contributed by atoms with Crippen LogP contribution >= 0.6 is 11.3 Å². The highest BCUT2D eigenvalue weighted by molar-refractivity contribution is 7.10. The van der Waals surface area contributed by atoms with Gasteiger partial charge in [-0.25, -0.2) is 0 Å². The van der Waals surface area contributed by atoms with Gasteiger partial charge in [0.15, 0.2) is 5.41 Å². The molecule has 0 fully saturated rings. The Morgan fingerprint density at radius 2 is 2.05 bits per heavy atom. The van der Waals surface area contributed by atoms with E-state index in [1.165, 1.54) is 11.3 Å². The van der Waals surface area contributed by atoms with E-state index in [0.717, 1.165) is 29.7 Å². The van der Waals surface area contributed by atoms with E-state index in [2.05, 4.69) is 24.3 Å². The van der Waals surface area contributed by atoms with Gasteiger partial charge in [-0.05, 0) is 42.2 Å². The number of hydrogen-bond donors (Lipinski definition) is 1. The van der Waals surface area contributed by atoms with E-state index < -0.39 is 5.41 Å². The van der Waals surface area contributed by atoms with Crippen LogP contribution in [0.5, 0.6) is 0 Å². The van der Waals surface area contributed by atoms with Gasteiger partial charge in [-0.15, -0.1) is 11.3 Å². The van der Waals surface area contributed by atoms with E-state index in [4.69, 9.17) is 5.73 Å². The molecule has 0 radical (unpaired) electrons. The molecular formula is C17H14N4S. The molecule has 0 saturated carbocycles. The molecular weight excluding hydrogens is 292 g/mol. The maximum absolute atomic E-state index is 9.77. The van der Waals surface area contributed by atoms with Crippen molar-refractivity contribution >= 4 is 11.3 Å². The van der Waals surface area contributed by atoms with Crippen molar-refractivity contribution < 1.29 is 0 Å². The summed E-state index contributed by atoms with van der Waals surface area (Å²) < 4.78 is 0. The standard InChI is InChI=1S/C17H14N4S/c18-8-13-11-4-1-2-5-12(11)15(14-6-3-7-22-14)17(9-19,10-20)16(13)21/h3-4,6-7,12,15H,1-2,5,21H2/t12-,15?/m0/s1. The molecule has 108 valence electrons. The van der Waals surface area contributed by atoms with E-state index in [9.17, 15) is 15.8 Å². The fourth-order valence-electron chi connectivity index (χ4n) is 3.65. The topological polar surface area (TPSA) is 97.4 Å². The van der Waals surface area contributed by atoms with Crippen molar-refractivity contribution in [2.75, 3.05) is 0 Å². The average molecular weight is 306 g/mol. The molecule has 4 nitrogen and oxygen atoms in total. The molecule has 2 aliphatic carbocycles. The molecule has 0 spiro atoms. The summed E-state index contributed by atoms with van der Waals surface area (Å²) in [6.07, 6.45) is 4.84. The number of hydrogen-bond acceptors (Lipinski definition) is 5. The van der Waals surface area contributed by atoms with Crippen molar-refractivity contribution in [3.05, 3.63) is 45.3 Å². The number of nitrogens with two attached hydrogens (primary N) is 1. The van der Waals surface area contributed by atoms with Crippen molar-refractivity contribution in [1.82, 2.24) is 0 Å². The van der Waals surface area contributed by atoms with E-state index in [0.29, 0.717) is 5.57 Å². The van der Waals surface area contributed by atoms with Crippen molar-refractivity contribution in [2.24, 2.45) is 17.1 Å². The first-order valence-electron chi connectivity index (χ1n) is 7.16. The summed E-state index contributed by atoms with van der Waals surface area (Å²) in [4.78, 5) is 0.987. The minimum absolute atomic E-state index is 0.00801. The predicted octanol–water partition coefficient (Wildman–Crippen LogP) is 3.34. The first-order chi connectivity index (χ1) is 10.7. The first kappa shape index (κ1) is 14.4. The Kier molecular flexibility index (Phi) is 3.49. The van der Waals surface area contributed by atoms with Crippen LogP contribution in [0.1, 0.15) is 30.1 Å². The molecule has 5 heteroatoms. The highest BCUT2D eigenvalue weighted by atomic mass is 32.1. The maximum atomic E-state index is 9.77. The van der Waals surface area contributed by atoms with Crippen LogP contribution in [0.4, 0.5) is 0 Å². The zero-order valence-corrected chi connectivity index (χ0v) is 12.7. The van der Waals surface area contributed by atoms with Gasteiger partial charge in [0.05, 0.1) is 23.4 Å². The lowest BCUT2D eigenvalue weighted by atomic mass is 9.58. The van der Waals surface area contributed by atoms with Gasteiger partial charge in [-0.2, -0.15) is 15.8 Å². The Labute approximate surface area is 133 Å². The summed E-state index contributed by atoms with van der Waals surface area (Å²) in [6, 6.07) is 10.3. The number of rotatable bonds is 1. The summed E-state index contributed by atoms with van der Waals surface area (Å²) in [6.45, 7) is 0. The highest BCUT2D eigenvalue weighted by Crippen LogP contribution is 2.56. The fraction of sp³-hybridized carbons (Fsp3) is 0.353. The Morgan fingerprint density at radius 3 is 2.64 bits per heavy atom. The number of allylic oxidation sites excluding steroid dienone is 4. The fourth-order valence-corrected chi connectivity index (χ4v) is 4.61. The molecule has 0 aliphatic heterocycles. The van der Waals surface area contributed by atoms with Crippen molar-refractivity contribution in [3.63, 3.8) is 0 Å². The second-order valence-corrected chi connectivity index (χ2v) is 6.60. The van der Waals surface area contributed by atoms with E-state index in [1.54, 1.807) is 0 Å². The monoisotopic (exact) mass is 306 g/mol. The summed E-state index contributed by atoms with van der Waals surface area (Å²) in [5, 5.41) is 31.0.